The number of hydrogen-bond acceptors (Lipinski definition) is 2. The Morgan fingerprint density at radius 3 is 2.47 bits per heavy atom. The van der Waals surface area contributed by atoms with Gasteiger partial charge in [-0.3, -0.25) is 9.59 Å². The van der Waals surface area contributed by atoms with Crippen LogP contribution >= 0.6 is 0 Å². The SMILES string of the molecule is CN(CC(N)=O)C(=O)CCCc1ccccc1. The standard InChI is InChI=1S/C13H18N2O2/c1-15(10-12(14)16)13(17)9-5-8-11-6-3-2-4-7-11/h2-4,6-7H,5,8-10H2,1H3,(H2,14,16). The summed E-state index contributed by atoms with van der Waals surface area (Å²) in [6.07, 6.45) is 2.10. The van der Waals surface area contributed by atoms with Gasteiger partial charge in [-0.15, -0.1) is 0 Å². The number of amides is 2. The topological polar surface area (TPSA) is 63.4 Å². The van der Waals surface area contributed by atoms with E-state index in [1.165, 1.54) is 10.5 Å². The van der Waals surface area contributed by atoms with Crippen molar-refractivity contribution in [1.82, 2.24) is 4.90 Å². The van der Waals surface area contributed by atoms with Crippen LogP contribution in [0.25, 0.3) is 0 Å². The highest BCUT2D eigenvalue weighted by Crippen LogP contribution is 2.05. The molecule has 0 bridgehead atoms. The van der Waals surface area contributed by atoms with Crippen LogP contribution in [0.5, 0.6) is 0 Å². The maximum absolute atomic E-state index is 11.6. The van der Waals surface area contributed by atoms with Crippen molar-refractivity contribution in [2.24, 2.45) is 5.73 Å². The minimum Gasteiger partial charge on any atom is -0.368 e. The largest absolute Gasteiger partial charge is 0.368 e. The molecule has 1 aromatic rings. The summed E-state index contributed by atoms with van der Waals surface area (Å²) in [7, 11) is 1.59. The highest BCUT2D eigenvalue weighted by Gasteiger charge is 2.10. The van der Waals surface area contributed by atoms with E-state index in [4.69, 9.17) is 5.73 Å². The Balaban J connectivity index is 2.27. The molecule has 4 heteroatoms. The average Bonchev–Trinajstić information content (AvgIpc) is 2.29. The molecule has 92 valence electrons. The highest BCUT2D eigenvalue weighted by atomic mass is 16.2. The van der Waals surface area contributed by atoms with Crippen LogP contribution in [-0.2, 0) is 16.0 Å². The molecular weight excluding hydrogens is 216 g/mol. The van der Waals surface area contributed by atoms with Crippen LogP contribution in [0.4, 0.5) is 0 Å². The lowest BCUT2D eigenvalue weighted by Gasteiger charge is -2.14. The number of nitrogens with zero attached hydrogens (tertiary/aromatic N) is 1. The van der Waals surface area contributed by atoms with E-state index in [9.17, 15) is 9.59 Å². The second-order valence-corrected chi connectivity index (χ2v) is 4.06. The summed E-state index contributed by atoms with van der Waals surface area (Å²) in [5, 5.41) is 0. The number of carbonyl (C=O) groups excluding carboxylic acids is 2. The zero-order valence-electron chi connectivity index (χ0n) is 10.1. The minimum atomic E-state index is -0.482. The predicted molar refractivity (Wildman–Crippen MR) is 66.2 cm³/mol. The molecule has 4 nitrogen and oxygen atoms in total. The van der Waals surface area contributed by atoms with Crippen molar-refractivity contribution >= 4 is 11.8 Å². The van der Waals surface area contributed by atoms with Crippen LogP contribution in [0.3, 0.4) is 0 Å². The Hall–Kier alpha value is -1.84. The van der Waals surface area contributed by atoms with Crippen LogP contribution < -0.4 is 5.73 Å². The van der Waals surface area contributed by atoms with Crippen LogP contribution in [0.1, 0.15) is 18.4 Å². The van der Waals surface area contributed by atoms with Gasteiger partial charge in [0.05, 0.1) is 6.54 Å². The van der Waals surface area contributed by atoms with E-state index >= 15 is 0 Å². The van der Waals surface area contributed by atoms with Crippen LogP contribution in [0, 0.1) is 0 Å². The van der Waals surface area contributed by atoms with E-state index in [1.54, 1.807) is 7.05 Å². The van der Waals surface area contributed by atoms with Crippen LogP contribution in [0.15, 0.2) is 30.3 Å². The molecular formula is C13H18N2O2. The van der Waals surface area contributed by atoms with Crippen molar-refractivity contribution in [1.29, 1.82) is 0 Å². The molecule has 2 N–H and O–H groups in total. The normalized spacial score (nSPS) is 9.94. The first-order chi connectivity index (χ1) is 8.09. The second-order valence-electron chi connectivity index (χ2n) is 4.06. The fourth-order valence-corrected chi connectivity index (χ4v) is 1.60. The molecule has 1 aromatic carbocycles. The molecule has 2 amide bonds. The first kappa shape index (κ1) is 13.2. The van der Waals surface area contributed by atoms with Gasteiger partial charge < -0.3 is 10.6 Å². The zero-order valence-corrected chi connectivity index (χ0v) is 10.1. The van der Waals surface area contributed by atoms with Crippen molar-refractivity contribution in [3.05, 3.63) is 35.9 Å². The summed E-state index contributed by atoms with van der Waals surface area (Å²) in [6, 6.07) is 10.0. The molecule has 0 aliphatic carbocycles. The summed E-state index contributed by atoms with van der Waals surface area (Å²) < 4.78 is 0. The third-order valence-corrected chi connectivity index (χ3v) is 2.52. The highest BCUT2D eigenvalue weighted by molar-refractivity contribution is 5.83. The Bertz CT molecular complexity index is 376. The first-order valence-corrected chi connectivity index (χ1v) is 5.66. The molecule has 0 aliphatic rings. The summed E-state index contributed by atoms with van der Waals surface area (Å²) in [5.41, 5.74) is 6.24. The first-order valence-electron chi connectivity index (χ1n) is 5.66. The quantitative estimate of drug-likeness (QED) is 0.796. The van der Waals surface area contributed by atoms with Crippen molar-refractivity contribution in [3.8, 4) is 0 Å². The summed E-state index contributed by atoms with van der Waals surface area (Å²) >= 11 is 0. The number of benzene rings is 1. The van der Waals surface area contributed by atoms with E-state index in [0.29, 0.717) is 6.42 Å². The van der Waals surface area contributed by atoms with Crippen molar-refractivity contribution in [2.45, 2.75) is 19.3 Å². The van der Waals surface area contributed by atoms with Crippen LogP contribution in [0.2, 0.25) is 0 Å². The Labute approximate surface area is 101 Å². The molecule has 0 radical (unpaired) electrons. The van der Waals surface area contributed by atoms with Gasteiger partial charge in [-0.2, -0.15) is 0 Å². The predicted octanol–water partition coefficient (Wildman–Crippen LogP) is 0.953. The monoisotopic (exact) mass is 234 g/mol. The van der Waals surface area contributed by atoms with Gasteiger partial charge in [0.1, 0.15) is 0 Å². The van der Waals surface area contributed by atoms with E-state index in [0.717, 1.165) is 12.8 Å². The number of hydrogen-bond donors (Lipinski definition) is 1. The fourth-order valence-electron chi connectivity index (χ4n) is 1.60. The molecule has 17 heavy (non-hydrogen) atoms. The second kappa shape index (κ2) is 6.68. The minimum absolute atomic E-state index is 0.00975. The van der Waals surface area contributed by atoms with Gasteiger partial charge in [0.25, 0.3) is 0 Å². The molecule has 0 heterocycles. The van der Waals surface area contributed by atoms with Crippen molar-refractivity contribution in [3.63, 3.8) is 0 Å². The Kier molecular flexibility index (Phi) is 5.20. The van der Waals surface area contributed by atoms with Gasteiger partial charge in [-0.25, -0.2) is 0 Å². The van der Waals surface area contributed by atoms with Crippen LogP contribution in [-0.4, -0.2) is 30.3 Å². The molecule has 1 rings (SSSR count). The maximum atomic E-state index is 11.6. The van der Waals surface area contributed by atoms with Crippen molar-refractivity contribution < 1.29 is 9.59 Å². The van der Waals surface area contributed by atoms with Gasteiger partial charge >= 0.3 is 0 Å². The molecule has 0 atom stereocenters. The molecule has 0 aromatic heterocycles. The zero-order chi connectivity index (χ0) is 12.7. The van der Waals surface area contributed by atoms with E-state index < -0.39 is 5.91 Å². The van der Waals surface area contributed by atoms with Gasteiger partial charge in [0.2, 0.25) is 11.8 Å². The Morgan fingerprint density at radius 1 is 1.24 bits per heavy atom. The lowest BCUT2D eigenvalue weighted by Crippen LogP contribution is -2.35. The van der Waals surface area contributed by atoms with Gasteiger partial charge in [-0.05, 0) is 18.4 Å². The number of aryl methyl sites for hydroxylation is 1. The molecule has 0 spiro atoms. The summed E-state index contributed by atoms with van der Waals surface area (Å²) in [5.74, 6) is -0.524. The van der Waals surface area contributed by atoms with E-state index in [-0.39, 0.29) is 12.5 Å². The maximum Gasteiger partial charge on any atom is 0.237 e. The lowest BCUT2D eigenvalue weighted by molar-refractivity contribution is -0.133. The van der Waals surface area contributed by atoms with Gasteiger partial charge in [-0.1, -0.05) is 30.3 Å². The lowest BCUT2D eigenvalue weighted by atomic mass is 10.1. The van der Waals surface area contributed by atoms with Crippen molar-refractivity contribution in [2.75, 3.05) is 13.6 Å². The number of carbonyl (C=O) groups is 2. The average molecular weight is 234 g/mol. The number of nitrogens with two attached hydrogens (primary N) is 1. The van der Waals surface area contributed by atoms with E-state index in [1.807, 2.05) is 30.3 Å². The summed E-state index contributed by atoms with van der Waals surface area (Å²) in [6.45, 7) is -0.00975. The van der Waals surface area contributed by atoms with E-state index in [2.05, 4.69) is 0 Å². The number of primary amides is 1. The Morgan fingerprint density at radius 2 is 1.88 bits per heavy atom. The number of rotatable bonds is 6. The summed E-state index contributed by atoms with van der Waals surface area (Å²) in [4.78, 5) is 23.6. The fraction of sp³-hybridized carbons (Fsp3) is 0.385. The molecule has 0 fully saturated rings. The molecule has 0 saturated carbocycles. The van der Waals surface area contributed by atoms with Gasteiger partial charge in [0.15, 0.2) is 0 Å². The third-order valence-electron chi connectivity index (χ3n) is 2.52. The molecule has 0 saturated heterocycles. The van der Waals surface area contributed by atoms with Gasteiger partial charge in [0, 0.05) is 13.5 Å². The number of likely N-dealkylation sites (N-methyl/N-ethyl adjacent to an activating group) is 1. The molecule has 0 unspecified atom stereocenters. The third kappa shape index (κ3) is 5.15. The smallest absolute Gasteiger partial charge is 0.237 e. The molecule has 0 aliphatic heterocycles.